The van der Waals surface area contributed by atoms with Crippen molar-refractivity contribution < 1.29 is 36.2 Å². The maximum absolute atomic E-state index is 13.9. The van der Waals surface area contributed by atoms with E-state index in [1.807, 2.05) is 0 Å². The minimum Gasteiger partial charge on any atom is -0.493 e. The van der Waals surface area contributed by atoms with Crippen molar-refractivity contribution in [2.75, 3.05) is 7.11 Å². The van der Waals surface area contributed by atoms with Gasteiger partial charge in [-0.05, 0) is 24.3 Å². The van der Waals surface area contributed by atoms with Crippen LogP contribution in [0, 0.1) is 11.6 Å². The smallest absolute Gasteiger partial charge is 0.416 e. The van der Waals surface area contributed by atoms with Gasteiger partial charge in [0.1, 0.15) is 5.82 Å². The zero-order valence-corrected chi connectivity index (χ0v) is 12.1. The SMILES string of the molecule is COc1cc(C(F)(F)F)ccc1Oc1cc(F)c(C(N)=O)cc1F. The van der Waals surface area contributed by atoms with Gasteiger partial charge < -0.3 is 15.2 Å². The number of primary amides is 1. The van der Waals surface area contributed by atoms with E-state index in [-0.39, 0.29) is 11.5 Å². The summed E-state index contributed by atoms with van der Waals surface area (Å²) in [7, 11) is 1.09. The van der Waals surface area contributed by atoms with Gasteiger partial charge in [0.15, 0.2) is 23.1 Å². The molecule has 0 aliphatic heterocycles. The molecule has 0 aliphatic carbocycles. The number of nitrogens with two attached hydrogens (primary N) is 1. The lowest BCUT2D eigenvalue weighted by atomic mass is 10.1. The maximum Gasteiger partial charge on any atom is 0.416 e. The Morgan fingerprint density at radius 2 is 1.67 bits per heavy atom. The third-order valence-corrected chi connectivity index (χ3v) is 3.00. The fourth-order valence-electron chi connectivity index (χ4n) is 1.84. The van der Waals surface area contributed by atoms with Crippen LogP contribution >= 0.6 is 0 Å². The number of methoxy groups -OCH3 is 1. The van der Waals surface area contributed by atoms with Crippen LogP contribution in [0.15, 0.2) is 30.3 Å². The molecule has 2 rings (SSSR count). The number of amides is 1. The molecule has 0 saturated carbocycles. The third-order valence-electron chi connectivity index (χ3n) is 3.00. The van der Waals surface area contributed by atoms with Crippen LogP contribution in [0.3, 0.4) is 0 Å². The number of carbonyl (C=O) groups is 1. The number of alkyl halides is 3. The first-order valence-corrected chi connectivity index (χ1v) is 6.35. The summed E-state index contributed by atoms with van der Waals surface area (Å²) in [5.74, 6) is -4.67. The van der Waals surface area contributed by atoms with E-state index in [0.717, 1.165) is 13.2 Å². The topological polar surface area (TPSA) is 61.6 Å². The highest BCUT2D eigenvalue weighted by Crippen LogP contribution is 2.38. The summed E-state index contributed by atoms with van der Waals surface area (Å²) in [5.41, 5.74) is 3.20. The molecule has 0 radical (unpaired) electrons. The van der Waals surface area contributed by atoms with Gasteiger partial charge in [0, 0.05) is 6.07 Å². The van der Waals surface area contributed by atoms with Crippen LogP contribution in [0.25, 0.3) is 0 Å². The largest absolute Gasteiger partial charge is 0.493 e. The molecule has 0 atom stereocenters. The second kappa shape index (κ2) is 6.34. The molecule has 0 aromatic heterocycles. The van der Waals surface area contributed by atoms with E-state index in [9.17, 15) is 26.7 Å². The number of hydrogen-bond acceptors (Lipinski definition) is 3. The van der Waals surface area contributed by atoms with Crippen LogP contribution < -0.4 is 15.2 Å². The van der Waals surface area contributed by atoms with Crippen LogP contribution in [-0.4, -0.2) is 13.0 Å². The van der Waals surface area contributed by atoms with Crippen molar-refractivity contribution >= 4 is 5.91 Å². The first-order valence-electron chi connectivity index (χ1n) is 6.35. The van der Waals surface area contributed by atoms with Gasteiger partial charge in [0.2, 0.25) is 0 Å². The molecule has 2 aromatic rings. The van der Waals surface area contributed by atoms with Gasteiger partial charge in [0.25, 0.3) is 5.91 Å². The van der Waals surface area contributed by atoms with E-state index < -0.39 is 40.6 Å². The highest BCUT2D eigenvalue weighted by atomic mass is 19.4. The van der Waals surface area contributed by atoms with Crippen molar-refractivity contribution in [1.82, 2.24) is 0 Å². The average molecular weight is 347 g/mol. The maximum atomic E-state index is 13.9. The zero-order valence-electron chi connectivity index (χ0n) is 12.1. The minimum absolute atomic E-state index is 0.268. The highest BCUT2D eigenvalue weighted by Gasteiger charge is 2.31. The molecule has 0 fully saturated rings. The fourth-order valence-corrected chi connectivity index (χ4v) is 1.84. The normalized spacial score (nSPS) is 11.2. The van der Waals surface area contributed by atoms with Gasteiger partial charge in [-0.25, -0.2) is 8.78 Å². The van der Waals surface area contributed by atoms with Gasteiger partial charge >= 0.3 is 6.18 Å². The highest BCUT2D eigenvalue weighted by molar-refractivity contribution is 5.93. The Hall–Kier alpha value is -2.84. The number of carbonyl (C=O) groups excluding carboxylic acids is 1. The summed E-state index contributed by atoms with van der Waals surface area (Å²) in [5, 5.41) is 0. The van der Waals surface area contributed by atoms with E-state index in [1.54, 1.807) is 0 Å². The van der Waals surface area contributed by atoms with E-state index in [2.05, 4.69) is 0 Å². The Morgan fingerprint density at radius 1 is 1.00 bits per heavy atom. The molecule has 24 heavy (non-hydrogen) atoms. The predicted octanol–water partition coefficient (Wildman–Crippen LogP) is 3.88. The van der Waals surface area contributed by atoms with E-state index >= 15 is 0 Å². The van der Waals surface area contributed by atoms with Gasteiger partial charge in [-0.3, -0.25) is 4.79 Å². The van der Waals surface area contributed by atoms with Crippen molar-refractivity contribution in [3.05, 3.63) is 53.1 Å². The Balaban J connectivity index is 2.41. The molecule has 4 nitrogen and oxygen atoms in total. The van der Waals surface area contributed by atoms with Crippen molar-refractivity contribution in [1.29, 1.82) is 0 Å². The van der Waals surface area contributed by atoms with Crippen LogP contribution in [0.4, 0.5) is 22.0 Å². The number of hydrogen-bond donors (Lipinski definition) is 1. The summed E-state index contributed by atoms with van der Waals surface area (Å²) in [6.45, 7) is 0. The van der Waals surface area contributed by atoms with Crippen molar-refractivity contribution in [2.24, 2.45) is 5.73 Å². The summed E-state index contributed by atoms with van der Waals surface area (Å²) >= 11 is 0. The molecule has 2 N–H and O–H groups in total. The predicted molar refractivity (Wildman–Crippen MR) is 72.9 cm³/mol. The summed E-state index contributed by atoms with van der Waals surface area (Å²) in [6, 6.07) is 3.35. The van der Waals surface area contributed by atoms with Crippen molar-refractivity contribution in [2.45, 2.75) is 6.18 Å². The summed E-state index contributed by atoms with van der Waals surface area (Å²) in [6.07, 6.45) is -4.60. The average Bonchev–Trinajstić information content (AvgIpc) is 2.49. The van der Waals surface area contributed by atoms with Crippen molar-refractivity contribution in [3.63, 3.8) is 0 Å². The lowest BCUT2D eigenvalue weighted by Crippen LogP contribution is -2.13. The molecule has 2 aromatic carbocycles. The number of ether oxygens (including phenoxy) is 2. The second-order valence-electron chi connectivity index (χ2n) is 4.59. The van der Waals surface area contributed by atoms with Gasteiger partial charge in [-0.15, -0.1) is 0 Å². The first kappa shape index (κ1) is 17.5. The molecule has 0 saturated heterocycles. The molecular weight excluding hydrogens is 337 g/mol. The monoisotopic (exact) mass is 347 g/mol. The molecule has 9 heteroatoms. The Morgan fingerprint density at radius 3 is 2.21 bits per heavy atom. The molecule has 0 unspecified atom stereocenters. The molecule has 0 bridgehead atoms. The quantitative estimate of drug-likeness (QED) is 0.854. The van der Waals surface area contributed by atoms with E-state index in [4.69, 9.17) is 15.2 Å². The third kappa shape index (κ3) is 3.55. The number of halogens is 5. The molecule has 128 valence electrons. The fraction of sp³-hybridized carbons (Fsp3) is 0.133. The van der Waals surface area contributed by atoms with Gasteiger partial charge in [0.05, 0.1) is 18.2 Å². The second-order valence-corrected chi connectivity index (χ2v) is 4.59. The molecule has 0 spiro atoms. The minimum atomic E-state index is -4.60. The Kier molecular flexibility index (Phi) is 4.63. The zero-order chi connectivity index (χ0) is 18.1. The van der Waals surface area contributed by atoms with E-state index in [1.165, 1.54) is 0 Å². The molecule has 0 heterocycles. The molecule has 1 amide bonds. The lowest BCUT2D eigenvalue weighted by Gasteiger charge is -2.14. The molecule has 0 aliphatic rings. The molecular formula is C15H10F5NO3. The van der Waals surface area contributed by atoms with Crippen LogP contribution in [0.1, 0.15) is 15.9 Å². The standard InChI is InChI=1S/C15H10F5NO3/c1-23-13-4-7(15(18,19)20)2-3-11(13)24-12-6-9(16)8(14(21)22)5-10(12)17/h2-6H,1H3,(H2,21,22). The van der Waals surface area contributed by atoms with E-state index in [0.29, 0.717) is 24.3 Å². The Bertz CT molecular complexity index is 789. The van der Waals surface area contributed by atoms with Crippen LogP contribution in [-0.2, 0) is 6.18 Å². The van der Waals surface area contributed by atoms with Gasteiger partial charge in [-0.1, -0.05) is 0 Å². The number of rotatable bonds is 4. The Labute approximate surface area is 132 Å². The van der Waals surface area contributed by atoms with Gasteiger partial charge in [-0.2, -0.15) is 13.2 Å². The summed E-state index contributed by atoms with van der Waals surface area (Å²) < 4.78 is 75.3. The van der Waals surface area contributed by atoms with Crippen LogP contribution in [0.2, 0.25) is 0 Å². The number of benzene rings is 2. The summed E-state index contributed by atoms with van der Waals surface area (Å²) in [4.78, 5) is 10.9. The van der Waals surface area contributed by atoms with Crippen LogP contribution in [0.5, 0.6) is 17.2 Å². The lowest BCUT2D eigenvalue weighted by molar-refractivity contribution is -0.137. The first-order chi connectivity index (χ1) is 11.1. The van der Waals surface area contributed by atoms with Crippen molar-refractivity contribution in [3.8, 4) is 17.2 Å².